The van der Waals surface area contributed by atoms with E-state index in [-0.39, 0.29) is 18.4 Å². The normalized spacial score (nSPS) is 13.9. The van der Waals surface area contributed by atoms with E-state index >= 15 is 0 Å². The van der Waals surface area contributed by atoms with Gasteiger partial charge in [0.15, 0.2) is 0 Å². The summed E-state index contributed by atoms with van der Waals surface area (Å²) < 4.78 is 10.6. The molecule has 0 saturated carbocycles. The van der Waals surface area contributed by atoms with Crippen LogP contribution >= 0.6 is 0 Å². The van der Waals surface area contributed by atoms with Crippen molar-refractivity contribution in [2.24, 2.45) is 0 Å². The number of methoxy groups -OCH3 is 1. The monoisotopic (exact) mass is 388 g/mol. The zero-order valence-electron chi connectivity index (χ0n) is 16.2. The lowest BCUT2D eigenvalue weighted by Gasteiger charge is -2.21. The summed E-state index contributed by atoms with van der Waals surface area (Å²) in [5, 5.41) is 0. The molecule has 0 aliphatic carbocycles. The maximum atomic E-state index is 13.3. The quantitative estimate of drug-likeness (QED) is 0.603. The van der Waals surface area contributed by atoms with Crippen molar-refractivity contribution in [2.75, 3.05) is 19.1 Å². The molecule has 2 aromatic carbocycles. The van der Waals surface area contributed by atoms with E-state index in [9.17, 15) is 9.59 Å². The molecule has 0 N–H and O–H groups in total. The highest BCUT2D eigenvalue weighted by Crippen LogP contribution is 2.34. The average Bonchev–Trinajstić information content (AvgIpc) is 3.36. The highest BCUT2D eigenvalue weighted by atomic mass is 16.5. The van der Waals surface area contributed by atoms with E-state index in [1.165, 1.54) is 11.2 Å². The van der Waals surface area contributed by atoms with Crippen LogP contribution in [-0.4, -0.2) is 30.9 Å². The van der Waals surface area contributed by atoms with Gasteiger partial charge in [0.05, 0.1) is 25.5 Å². The lowest BCUT2D eigenvalue weighted by molar-refractivity contribution is -0.137. The van der Waals surface area contributed by atoms with Crippen LogP contribution in [0.5, 0.6) is 5.75 Å². The molecule has 6 heteroatoms. The number of hydrogen-bond acceptors (Lipinski definition) is 5. The molecular weight excluding hydrogens is 368 g/mol. The molecule has 0 saturated heterocycles. The first-order valence-electron chi connectivity index (χ1n) is 9.16. The minimum atomic E-state index is -0.358. The Morgan fingerprint density at radius 1 is 0.931 bits per heavy atom. The first-order valence-corrected chi connectivity index (χ1v) is 9.16. The Bertz CT molecular complexity index is 1050. The summed E-state index contributed by atoms with van der Waals surface area (Å²) in [6.45, 7) is 0.0798. The van der Waals surface area contributed by atoms with E-state index in [0.29, 0.717) is 28.3 Å². The summed E-state index contributed by atoms with van der Waals surface area (Å²) in [4.78, 5) is 29.6. The number of rotatable bonds is 6. The number of nitrogens with zero attached hydrogens (tertiary/aromatic N) is 2. The standard InChI is InChI=1S/C23H20N2O4/c1-24(17-7-4-3-5-8-17)21-20(16-10-12-18(28-2)13-11-16)22(26)25(23(21)27)15-19-9-6-14-29-19/h3-14H,15H2,1-2H3. The molecule has 6 nitrogen and oxygen atoms in total. The summed E-state index contributed by atoms with van der Waals surface area (Å²) in [5.74, 6) is 0.513. The molecule has 4 rings (SSSR count). The van der Waals surface area contributed by atoms with Crippen molar-refractivity contribution in [1.82, 2.24) is 4.90 Å². The van der Waals surface area contributed by atoms with Crippen molar-refractivity contribution in [3.63, 3.8) is 0 Å². The fourth-order valence-corrected chi connectivity index (χ4v) is 3.37. The van der Waals surface area contributed by atoms with E-state index in [1.807, 2.05) is 30.3 Å². The van der Waals surface area contributed by atoms with E-state index in [1.54, 1.807) is 55.5 Å². The third-order valence-corrected chi connectivity index (χ3v) is 4.90. The van der Waals surface area contributed by atoms with Crippen LogP contribution in [0.4, 0.5) is 5.69 Å². The van der Waals surface area contributed by atoms with Gasteiger partial charge in [-0.05, 0) is 42.0 Å². The third kappa shape index (κ3) is 3.40. The maximum absolute atomic E-state index is 13.3. The van der Waals surface area contributed by atoms with Gasteiger partial charge < -0.3 is 14.1 Å². The SMILES string of the molecule is COc1ccc(C2=C(N(C)c3ccccc3)C(=O)N(Cc3ccco3)C2=O)cc1. The molecule has 0 spiro atoms. The molecule has 0 unspecified atom stereocenters. The van der Waals surface area contributed by atoms with E-state index in [4.69, 9.17) is 9.15 Å². The predicted octanol–water partition coefficient (Wildman–Crippen LogP) is 3.70. The number of likely N-dealkylation sites (N-methyl/N-ethyl adjacent to an activating group) is 1. The average molecular weight is 388 g/mol. The number of amides is 2. The first-order chi connectivity index (χ1) is 14.1. The lowest BCUT2D eigenvalue weighted by atomic mass is 10.0. The molecule has 2 heterocycles. The van der Waals surface area contributed by atoms with Crippen LogP contribution in [0.15, 0.2) is 83.1 Å². The van der Waals surface area contributed by atoms with E-state index in [0.717, 1.165) is 5.69 Å². The lowest BCUT2D eigenvalue weighted by Crippen LogP contribution is -2.33. The Morgan fingerprint density at radius 2 is 1.66 bits per heavy atom. The van der Waals surface area contributed by atoms with Gasteiger partial charge in [-0.2, -0.15) is 0 Å². The number of carbonyl (C=O) groups is 2. The molecule has 1 aromatic heterocycles. The summed E-state index contributed by atoms with van der Waals surface area (Å²) in [6, 6.07) is 20.1. The van der Waals surface area contributed by atoms with Gasteiger partial charge in [0, 0.05) is 12.7 Å². The number of hydrogen-bond donors (Lipinski definition) is 0. The molecule has 1 aliphatic heterocycles. The van der Waals surface area contributed by atoms with Crippen LogP contribution in [0.3, 0.4) is 0 Å². The van der Waals surface area contributed by atoms with Crippen LogP contribution in [0.25, 0.3) is 5.57 Å². The van der Waals surface area contributed by atoms with Crippen molar-refractivity contribution < 1.29 is 18.7 Å². The van der Waals surface area contributed by atoms with Crippen LogP contribution in [-0.2, 0) is 16.1 Å². The Morgan fingerprint density at radius 3 is 2.28 bits per heavy atom. The molecule has 0 fully saturated rings. The fourth-order valence-electron chi connectivity index (χ4n) is 3.37. The summed E-state index contributed by atoms with van der Waals surface area (Å²) in [7, 11) is 3.37. The van der Waals surface area contributed by atoms with Crippen LogP contribution in [0.1, 0.15) is 11.3 Å². The number of carbonyl (C=O) groups excluding carboxylic acids is 2. The molecular formula is C23H20N2O4. The second kappa shape index (κ2) is 7.67. The van der Waals surface area contributed by atoms with Crippen molar-refractivity contribution in [3.05, 3.63) is 90.0 Å². The highest BCUT2D eigenvalue weighted by Gasteiger charge is 2.41. The molecule has 29 heavy (non-hydrogen) atoms. The first kappa shape index (κ1) is 18.6. The van der Waals surface area contributed by atoms with Crippen LogP contribution < -0.4 is 9.64 Å². The molecule has 0 radical (unpaired) electrons. The number of anilines is 1. The Kier molecular flexibility index (Phi) is 4.91. The number of furan rings is 1. The largest absolute Gasteiger partial charge is 0.497 e. The smallest absolute Gasteiger partial charge is 0.278 e. The molecule has 146 valence electrons. The van der Waals surface area contributed by atoms with Crippen LogP contribution in [0, 0.1) is 0 Å². The van der Waals surface area contributed by atoms with Gasteiger partial charge in [-0.1, -0.05) is 30.3 Å². The fraction of sp³-hybridized carbons (Fsp3) is 0.130. The van der Waals surface area contributed by atoms with E-state index < -0.39 is 0 Å². The second-order valence-corrected chi connectivity index (χ2v) is 6.62. The number of para-hydroxylation sites is 1. The summed E-state index contributed by atoms with van der Waals surface area (Å²) in [6.07, 6.45) is 1.52. The number of ether oxygens (including phenoxy) is 1. The van der Waals surface area contributed by atoms with Gasteiger partial charge in [-0.15, -0.1) is 0 Å². The minimum Gasteiger partial charge on any atom is -0.497 e. The predicted molar refractivity (Wildman–Crippen MR) is 109 cm³/mol. The molecule has 3 aromatic rings. The number of benzene rings is 2. The second-order valence-electron chi connectivity index (χ2n) is 6.62. The van der Waals surface area contributed by atoms with Gasteiger partial charge in [-0.3, -0.25) is 14.5 Å². The van der Waals surface area contributed by atoms with Crippen molar-refractivity contribution >= 4 is 23.1 Å². The zero-order valence-corrected chi connectivity index (χ0v) is 16.2. The summed E-state index contributed by atoms with van der Waals surface area (Å²) in [5.41, 5.74) is 2.16. The Labute approximate surface area is 168 Å². The topological polar surface area (TPSA) is 63.0 Å². The maximum Gasteiger partial charge on any atom is 0.278 e. The van der Waals surface area contributed by atoms with Gasteiger partial charge in [-0.25, -0.2) is 0 Å². The van der Waals surface area contributed by atoms with Gasteiger partial charge in [0.2, 0.25) is 0 Å². The third-order valence-electron chi connectivity index (χ3n) is 4.90. The highest BCUT2D eigenvalue weighted by molar-refractivity contribution is 6.36. The van der Waals surface area contributed by atoms with Gasteiger partial charge in [0.25, 0.3) is 11.8 Å². The number of imide groups is 1. The van der Waals surface area contributed by atoms with Crippen molar-refractivity contribution in [2.45, 2.75) is 6.54 Å². The van der Waals surface area contributed by atoms with E-state index in [2.05, 4.69) is 0 Å². The summed E-state index contributed by atoms with van der Waals surface area (Å²) >= 11 is 0. The molecule has 0 bridgehead atoms. The minimum absolute atomic E-state index is 0.0798. The molecule has 1 aliphatic rings. The van der Waals surface area contributed by atoms with Crippen molar-refractivity contribution in [3.8, 4) is 5.75 Å². The van der Waals surface area contributed by atoms with Crippen molar-refractivity contribution in [1.29, 1.82) is 0 Å². The molecule has 0 atom stereocenters. The zero-order chi connectivity index (χ0) is 20.4. The van der Waals surface area contributed by atoms with Crippen LogP contribution in [0.2, 0.25) is 0 Å². The van der Waals surface area contributed by atoms with Gasteiger partial charge >= 0.3 is 0 Å². The van der Waals surface area contributed by atoms with Gasteiger partial charge in [0.1, 0.15) is 17.2 Å². The Hall–Kier alpha value is -3.80. The Balaban J connectivity index is 1.79. The molecule has 2 amide bonds.